The molecule has 0 spiro atoms. The van der Waals surface area contributed by atoms with E-state index in [1.165, 1.54) is 0 Å². The van der Waals surface area contributed by atoms with Gasteiger partial charge in [-0.3, -0.25) is 9.59 Å². The molecular weight excluding hydrogens is 345 g/mol. The van der Waals surface area contributed by atoms with Crippen LogP contribution in [0.3, 0.4) is 0 Å². The number of carbonyl (C=O) groups excluding carboxylic acids is 2. The number of imide groups is 1. The van der Waals surface area contributed by atoms with Gasteiger partial charge >= 0.3 is 6.18 Å². The molecule has 1 saturated heterocycles. The number of alkyl halides is 3. The summed E-state index contributed by atoms with van der Waals surface area (Å²) in [6.45, 7) is 1.26. The van der Waals surface area contributed by atoms with Crippen molar-refractivity contribution in [2.24, 2.45) is 0 Å². The van der Waals surface area contributed by atoms with E-state index < -0.39 is 23.6 Å². The number of carbonyl (C=O) groups is 2. The fourth-order valence-electron chi connectivity index (χ4n) is 2.92. The molecule has 2 heterocycles. The average molecular weight is 359 g/mol. The number of hydrogen-bond acceptors (Lipinski definition) is 3. The van der Waals surface area contributed by atoms with E-state index in [0.717, 1.165) is 48.4 Å². The summed E-state index contributed by atoms with van der Waals surface area (Å²) >= 11 is 6.05. The monoisotopic (exact) mass is 358 g/mol. The summed E-state index contributed by atoms with van der Waals surface area (Å²) in [5.41, 5.74) is -0.634. The fraction of sp³-hybridized carbons (Fsp3) is 0.375. The lowest BCUT2D eigenvalue weighted by atomic mass is 10.1. The number of halogens is 4. The van der Waals surface area contributed by atoms with Gasteiger partial charge in [0.05, 0.1) is 11.3 Å². The lowest BCUT2D eigenvalue weighted by Gasteiger charge is -2.29. The molecule has 0 atom stereocenters. The molecule has 0 aromatic heterocycles. The van der Waals surface area contributed by atoms with Crippen LogP contribution < -0.4 is 4.90 Å². The van der Waals surface area contributed by atoms with Crippen molar-refractivity contribution in [1.29, 1.82) is 0 Å². The van der Waals surface area contributed by atoms with Crippen molar-refractivity contribution in [2.45, 2.75) is 25.4 Å². The van der Waals surface area contributed by atoms with E-state index in [2.05, 4.69) is 0 Å². The van der Waals surface area contributed by atoms with Crippen LogP contribution in [-0.4, -0.2) is 29.8 Å². The first-order valence-electron chi connectivity index (χ1n) is 7.51. The molecule has 2 amide bonds. The molecule has 0 saturated carbocycles. The Labute approximate surface area is 141 Å². The van der Waals surface area contributed by atoms with Crippen molar-refractivity contribution in [3.63, 3.8) is 0 Å². The van der Waals surface area contributed by atoms with Gasteiger partial charge in [0.1, 0.15) is 10.7 Å². The van der Waals surface area contributed by atoms with Crippen LogP contribution >= 0.6 is 11.6 Å². The quantitative estimate of drug-likeness (QED) is 0.760. The predicted octanol–water partition coefficient (Wildman–Crippen LogP) is 3.51. The third-order valence-electron chi connectivity index (χ3n) is 4.13. The van der Waals surface area contributed by atoms with Gasteiger partial charge in [-0.1, -0.05) is 11.6 Å². The Kier molecular flexibility index (Phi) is 4.29. The van der Waals surface area contributed by atoms with Gasteiger partial charge in [-0.25, -0.2) is 4.90 Å². The molecule has 2 aliphatic rings. The maximum atomic E-state index is 12.6. The molecule has 0 unspecified atom stereocenters. The molecule has 8 heteroatoms. The topological polar surface area (TPSA) is 40.6 Å². The van der Waals surface area contributed by atoms with Crippen LogP contribution in [-0.2, 0) is 15.8 Å². The average Bonchev–Trinajstić information content (AvgIpc) is 2.77. The zero-order valence-corrected chi connectivity index (χ0v) is 13.3. The summed E-state index contributed by atoms with van der Waals surface area (Å²) in [6.07, 6.45) is -1.64. The minimum atomic E-state index is -4.48. The molecule has 0 N–H and O–H groups in total. The maximum absolute atomic E-state index is 12.6. The summed E-state index contributed by atoms with van der Waals surface area (Å²) < 4.78 is 37.9. The van der Waals surface area contributed by atoms with Gasteiger partial charge in [0.15, 0.2) is 0 Å². The van der Waals surface area contributed by atoms with E-state index in [1.54, 1.807) is 4.90 Å². The number of anilines is 1. The molecule has 0 radical (unpaired) electrons. The summed E-state index contributed by atoms with van der Waals surface area (Å²) in [6, 6.07) is 3.87. The highest BCUT2D eigenvalue weighted by Gasteiger charge is 2.41. The molecule has 1 aromatic rings. The van der Waals surface area contributed by atoms with Crippen LogP contribution in [0, 0.1) is 0 Å². The first kappa shape index (κ1) is 16.8. The van der Waals surface area contributed by atoms with Gasteiger partial charge in [0, 0.05) is 13.1 Å². The summed E-state index contributed by atoms with van der Waals surface area (Å²) in [7, 11) is 0. The Hall–Kier alpha value is -2.02. The lowest BCUT2D eigenvalue weighted by molar-refractivity contribution is -0.137. The number of amides is 2. The molecule has 2 aliphatic heterocycles. The van der Waals surface area contributed by atoms with E-state index in [-0.39, 0.29) is 16.4 Å². The second-order valence-electron chi connectivity index (χ2n) is 5.70. The molecular formula is C16H14ClF3N2O2. The second kappa shape index (κ2) is 6.12. The highest BCUT2D eigenvalue weighted by Crippen LogP contribution is 2.34. The third kappa shape index (κ3) is 2.88. The molecule has 24 heavy (non-hydrogen) atoms. The molecule has 0 bridgehead atoms. The van der Waals surface area contributed by atoms with E-state index in [0.29, 0.717) is 13.1 Å². The van der Waals surface area contributed by atoms with E-state index in [9.17, 15) is 22.8 Å². The van der Waals surface area contributed by atoms with Gasteiger partial charge in [0.25, 0.3) is 11.8 Å². The first-order valence-corrected chi connectivity index (χ1v) is 7.89. The number of likely N-dealkylation sites (tertiary alicyclic amines) is 1. The van der Waals surface area contributed by atoms with Crippen LogP contribution in [0.4, 0.5) is 18.9 Å². The Morgan fingerprint density at radius 1 is 0.917 bits per heavy atom. The van der Waals surface area contributed by atoms with Crippen LogP contribution in [0.25, 0.3) is 0 Å². The van der Waals surface area contributed by atoms with Gasteiger partial charge in [-0.2, -0.15) is 13.2 Å². The molecule has 128 valence electrons. The zero-order chi connectivity index (χ0) is 17.5. The van der Waals surface area contributed by atoms with Crippen LogP contribution in [0.1, 0.15) is 24.8 Å². The fourth-order valence-corrected chi connectivity index (χ4v) is 3.20. The SMILES string of the molecule is O=C1C(Cl)=C(N2CCCCC2)C(=O)N1c1ccc(C(F)(F)F)cc1. The number of nitrogens with zero attached hydrogens (tertiary/aromatic N) is 2. The number of piperidine rings is 1. The number of hydrogen-bond donors (Lipinski definition) is 0. The van der Waals surface area contributed by atoms with Crippen molar-refractivity contribution < 1.29 is 22.8 Å². The van der Waals surface area contributed by atoms with E-state index in [1.807, 2.05) is 0 Å². The minimum Gasteiger partial charge on any atom is -0.366 e. The molecule has 0 aliphatic carbocycles. The highest BCUT2D eigenvalue weighted by atomic mass is 35.5. The standard InChI is InChI=1S/C16H14ClF3N2O2/c17-12-13(21-8-2-1-3-9-21)15(24)22(14(12)23)11-6-4-10(5-7-11)16(18,19)20/h4-7H,1-3,8-9H2. The highest BCUT2D eigenvalue weighted by molar-refractivity contribution is 6.52. The first-order chi connectivity index (χ1) is 11.3. The van der Waals surface area contributed by atoms with Crippen molar-refractivity contribution in [1.82, 2.24) is 4.90 Å². The maximum Gasteiger partial charge on any atom is 0.416 e. The summed E-state index contributed by atoms with van der Waals surface area (Å²) in [5.74, 6) is -1.30. The summed E-state index contributed by atoms with van der Waals surface area (Å²) in [5, 5.41) is -0.179. The van der Waals surface area contributed by atoms with Crippen molar-refractivity contribution in [3.05, 3.63) is 40.6 Å². The lowest BCUT2D eigenvalue weighted by Crippen LogP contribution is -2.37. The Bertz CT molecular complexity index is 707. The van der Waals surface area contributed by atoms with Crippen molar-refractivity contribution in [2.75, 3.05) is 18.0 Å². The van der Waals surface area contributed by atoms with Crippen LogP contribution in [0.5, 0.6) is 0 Å². The Morgan fingerprint density at radius 2 is 1.50 bits per heavy atom. The Balaban J connectivity index is 1.88. The summed E-state index contributed by atoms with van der Waals surface area (Å²) in [4.78, 5) is 27.5. The Morgan fingerprint density at radius 3 is 2.04 bits per heavy atom. The largest absolute Gasteiger partial charge is 0.416 e. The van der Waals surface area contributed by atoms with Crippen LogP contribution in [0.2, 0.25) is 0 Å². The molecule has 4 nitrogen and oxygen atoms in total. The third-order valence-corrected chi connectivity index (χ3v) is 4.47. The van der Waals surface area contributed by atoms with Crippen molar-refractivity contribution in [3.8, 4) is 0 Å². The molecule has 1 fully saturated rings. The van der Waals surface area contributed by atoms with Gasteiger partial charge in [-0.05, 0) is 43.5 Å². The van der Waals surface area contributed by atoms with Crippen LogP contribution in [0.15, 0.2) is 35.0 Å². The van der Waals surface area contributed by atoms with E-state index >= 15 is 0 Å². The number of rotatable bonds is 2. The minimum absolute atomic E-state index is 0.0724. The molecule has 3 rings (SSSR count). The normalized spacial score (nSPS) is 19.5. The van der Waals surface area contributed by atoms with Crippen molar-refractivity contribution >= 4 is 29.1 Å². The van der Waals surface area contributed by atoms with Gasteiger partial charge < -0.3 is 4.90 Å². The van der Waals surface area contributed by atoms with E-state index in [4.69, 9.17) is 11.6 Å². The predicted molar refractivity (Wildman–Crippen MR) is 82.2 cm³/mol. The second-order valence-corrected chi connectivity index (χ2v) is 6.08. The van der Waals surface area contributed by atoms with Gasteiger partial charge in [-0.15, -0.1) is 0 Å². The zero-order valence-electron chi connectivity index (χ0n) is 12.6. The molecule has 1 aromatic carbocycles. The number of benzene rings is 1. The smallest absolute Gasteiger partial charge is 0.366 e. The van der Waals surface area contributed by atoms with Gasteiger partial charge in [0.2, 0.25) is 0 Å².